The molecule has 7 heteroatoms. The van der Waals surface area contributed by atoms with E-state index in [2.05, 4.69) is 11.9 Å². The summed E-state index contributed by atoms with van der Waals surface area (Å²) in [6, 6.07) is 5.53. The average molecular weight is 340 g/mol. The molecule has 1 aliphatic heterocycles. The third-order valence-corrected chi connectivity index (χ3v) is 7.24. The summed E-state index contributed by atoms with van der Waals surface area (Å²) in [5.41, 5.74) is -0.102. The van der Waals surface area contributed by atoms with E-state index in [0.717, 1.165) is 5.01 Å². The van der Waals surface area contributed by atoms with Crippen LogP contribution in [0.1, 0.15) is 24.8 Å². The van der Waals surface area contributed by atoms with Crippen molar-refractivity contribution >= 4 is 21.4 Å². The summed E-state index contributed by atoms with van der Waals surface area (Å²) in [5.74, 6) is -0.698. The van der Waals surface area contributed by atoms with Crippen LogP contribution in [0.4, 0.5) is 4.39 Å². The highest BCUT2D eigenvalue weighted by Crippen LogP contribution is 2.37. The summed E-state index contributed by atoms with van der Waals surface area (Å²) in [5, 5.41) is 2.97. The lowest BCUT2D eigenvalue weighted by Gasteiger charge is -2.37. The first kappa shape index (κ1) is 15.6. The Kier molecular flexibility index (Phi) is 4.05. The Morgan fingerprint density at radius 1 is 1.27 bits per heavy atom. The Bertz CT molecular complexity index is 752. The highest BCUT2D eigenvalue weighted by atomic mass is 32.2. The van der Waals surface area contributed by atoms with Crippen LogP contribution < -0.4 is 0 Å². The van der Waals surface area contributed by atoms with Gasteiger partial charge < -0.3 is 0 Å². The SMILES string of the molecule is CC1(c2nccs2)CCN(S(=O)(=O)c2ccccc2F)CC1. The number of halogens is 1. The summed E-state index contributed by atoms with van der Waals surface area (Å²) < 4.78 is 40.3. The van der Waals surface area contributed by atoms with Crippen molar-refractivity contribution in [3.8, 4) is 0 Å². The van der Waals surface area contributed by atoms with Crippen molar-refractivity contribution in [2.24, 2.45) is 0 Å². The molecule has 2 aromatic rings. The topological polar surface area (TPSA) is 50.3 Å². The monoisotopic (exact) mass is 340 g/mol. The van der Waals surface area contributed by atoms with E-state index in [1.165, 1.54) is 22.5 Å². The maximum atomic E-state index is 13.8. The molecule has 0 spiro atoms. The molecule has 1 aliphatic rings. The highest BCUT2D eigenvalue weighted by molar-refractivity contribution is 7.89. The van der Waals surface area contributed by atoms with E-state index in [0.29, 0.717) is 25.9 Å². The van der Waals surface area contributed by atoms with Crippen molar-refractivity contribution < 1.29 is 12.8 Å². The molecule has 0 aliphatic carbocycles. The van der Waals surface area contributed by atoms with Gasteiger partial charge in [-0.15, -0.1) is 11.3 Å². The maximum absolute atomic E-state index is 13.8. The zero-order valence-corrected chi connectivity index (χ0v) is 13.8. The number of benzene rings is 1. The van der Waals surface area contributed by atoms with Gasteiger partial charge in [-0.25, -0.2) is 17.8 Å². The molecule has 0 unspecified atom stereocenters. The van der Waals surface area contributed by atoms with Crippen molar-refractivity contribution in [2.75, 3.05) is 13.1 Å². The van der Waals surface area contributed by atoms with Crippen molar-refractivity contribution in [1.82, 2.24) is 9.29 Å². The fourth-order valence-electron chi connectivity index (χ4n) is 2.75. The lowest BCUT2D eigenvalue weighted by atomic mass is 9.82. The Balaban J connectivity index is 1.81. The van der Waals surface area contributed by atoms with Crippen LogP contribution in [-0.4, -0.2) is 30.8 Å². The van der Waals surface area contributed by atoms with Crippen molar-refractivity contribution in [2.45, 2.75) is 30.1 Å². The second kappa shape index (κ2) is 5.72. The zero-order valence-electron chi connectivity index (χ0n) is 12.2. The first-order valence-electron chi connectivity index (χ1n) is 7.08. The van der Waals surface area contributed by atoms with Gasteiger partial charge in [0.05, 0.1) is 5.01 Å². The lowest BCUT2D eigenvalue weighted by Crippen LogP contribution is -2.44. The number of hydrogen-bond acceptors (Lipinski definition) is 4. The molecule has 0 bridgehead atoms. The third-order valence-electron chi connectivity index (χ3n) is 4.23. The summed E-state index contributed by atoms with van der Waals surface area (Å²) in [4.78, 5) is 4.12. The first-order chi connectivity index (χ1) is 10.4. The van der Waals surface area contributed by atoms with Gasteiger partial charge in [-0.1, -0.05) is 19.1 Å². The van der Waals surface area contributed by atoms with E-state index in [-0.39, 0.29) is 10.3 Å². The van der Waals surface area contributed by atoms with E-state index < -0.39 is 15.8 Å². The van der Waals surface area contributed by atoms with Crippen LogP contribution in [0.3, 0.4) is 0 Å². The van der Waals surface area contributed by atoms with Crippen LogP contribution in [0.5, 0.6) is 0 Å². The summed E-state index contributed by atoms with van der Waals surface area (Å²) in [7, 11) is -3.77. The third kappa shape index (κ3) is 2.68. The van der Waals surface area contributed by atoms with Gasteiger partial charge in [-0.3, -0.25) is 0 Å². The fraction of sp³-hybridized carbons (Fsp3) is 0.400. The van der Waals surface area contributed by atoms with Crippen LogP contribution in [0.25, 0.3) is 0 Å². The summed E-state index contributed by atoms with van der Waals surface area (Å²) in [6.45, 7) is 2.87. The minimum Gasteiger partial charge on any atom is -0.249 e. The molecule has 2 heterocycles. The van der Waals surface area contributed by atoms with Crippen LogP contribution in [-0.2, 0) is 15.4 Å². The predicted molar refractivity (Wildman–Crippen MR) is 83.9 cm³/mol. The van der Waals surface area contributed by atoms with Crippen molar-refractivity contribution in [3.05, 3.63) is 46.7 Å². The highest BCUT2D eigenvalue weighted by Gasteiger charge is 2.38. The molecule has 1 saturated heterocycles. The van der Waals surface area contributed by atoms with Crippen LogP contribution >= 0.6 is 11.3 Å². The van der Waals surface area contributed by atoms with Crippen LogP contribution in [0.15, 0.2) is 40.7 Å². The smallest absolute Gasteiger partial charge is 0.245 e. The number of piperidine rings is 1. The molecular weight excluding hydrogens is 323 g/mol. The van der Waals surface area contributed by atoms with E-state index in [1.807, 2.05) is 5.38 Å². The second-order valence-electron chi connectivity index (χ2n) is 5.73. The predicted octanol–water partition coefficient (Wildman–Crippen LogP) is 3.02. The van der Waals surface area contributed by atoms with Crippen molar-refractivity contribution in [1.29, 1.82) is 0 Å². The first-order valence-corrected chi connectivity index (χ1v) is 9.40. The molecule has 0 N–H and O–H groups in total. The molecule has 0 atom stereocenters. The molecule has 0 saturated carbocycles. The normalized spacial score (nSPS) is 19.2. The number of nitrogens with zero attached hydrogens (tertiary/aromatic N) is 2. The van der Waals surface area contributed by atoms with Crippen LogP contribution in [0.2, 0.25) is 0 Å². The van der Waals surface area contributed by atoms with Gasteiger partial charge in [0, 0.05) is 30.1 Å². The van der Waals surface area contributed by atoms with E-state index in [9.17, 15) is 12.8 Å². The number of sulfonamides is 1. The standard InChI is InChI=1S/C15H17FN2O2S2/c1-15(14-17-8-11-21-14)6-9-18(10-7-15)22(19,20)13-5-3-2-4-12(13)16/h2-5,8,11H,6-7,9-10H2,1H3. The second-order valence-corrected chi connectivity index (χ2v) is 8.53. The Hall–Kier alpha value is -1.31. The van der Waals surface area contributed by atoms with E-state index in [4.69, 9.17) is 0 Å². The molecule has 0 amide bonds. The Morgan fingerprint density at radius 3 is 2.55 bits per heavy atom. The molecule has 1 aromatic carbocycles. The van der Waals surface area contributed by atoms with Gasteiger partial charge >= 0.3 is 0 Å². The molecule has 118 valence electrons. The Morgan fingerprint density at radius 2 is 1.95 bits per heavy atom. The zero-order chi connectivity index (χ0) is 15.8. The van der Waals surface area contributed by atoms with Gasteiger partial charge in [-0.05, 0) is 25.0 Å². The van der Waals surface area contributed by atoms with Crippen molar-refractivity contribution in [3.63, 3.8) is 0 Å². The summed E-state index contributed by atoms with van der Waals surface area (Å²) in [6.07, 6.45) is 3.15. The van der Waals surface area contributed by atoms with E-state index >= 15 is 0 Å². The molecule has 0 radical (unpaired) electrons. The Labute approximate surface area is 133 Å². The molecule has 3 rings (SSSR count). The molecule has 22 heavy (non-hydrogen) atoms. The minimum absolute atomic E-state index is 0.102. The van der Waals surface area contributed by atoms with Gasteiger partial charge in [0.15, 0.2) is 0 Å². The van der Waals surface area contributed by atoms with Crippen LogP contribution in [0, 0.1) is 5.82 Å². The number of aromatic nitrogens is 1. The lowest BCUT2D eigenvalue weighted by molar-refractivity contribution is 0.248. The van der Waals surface area contributed by atoms with E-state index in [1.54, 1.807) is 23.6 Å². The largest absolute Gasteiger partial charge is 0.249 e. The maximum Gasteiger partial charge on any atom is 0.245 e. The molecule has 1 fully saturated rings. The number of rotatable bonds is 3. The van der Waals surface area contributed by atoms with Gasteiger partial charge in [0.1, 0.15) is 10.7 Å². The number of hydrogen-bond donors (Lipinski definition) is 0. The molecule has 4 nitrogen and oxygen atoms in total. The quantitative estimate of drug-likeness (QED) is 0.863. The molecule has 1 aromatic heterocycles. The number of thiazole rings is 1. The van der Waals surface area contributed by atoms with Gasteiger partial charge in [0.2, 0.25) is 10.0 Å². The fourth-order valence-corrected chi connectivity index (χ4v) is 5.12. The summed E-state index contributed by atoms with van der Waals surface area (Å²) >= 11 is 1.60. The van der Waals surface area contributed by atoms with Gasteiger partial charge in [-0.2, -0.15) is 4.31 Å². The van der Waals surface area contributed by atoms with Gasteiger partial charge in [0.25, 0.3) is 0 Å². The molecular formula is C15H17FN2O2S2. The average Bonchev–Trinajstić information content (AvgIpc) is 3.03. The minimum atomic E-state index is -3.77.